The van der Waals surface area contributed by atoms with E-state index in [4.69, 9.17) is 0 Å². The average molecular weight is 349 g/mol. The summed E-state index contributed by atoms with van der Waals surface area (Å²) in [6, 6.07) is 1.63. The minimum Gasteiger partial charge on any atom is -0.313 e. The zero-order valence-electron chi connectivity index (χ0n) is 12.1. The van der Waals surface area contributed by atoms with Crippen LogP contribution in [0.25, 0.3) is 0 Å². The van der Waals surface area contributed by atoms with Gasteiger partial charge < -0.3 is 5.32 Å². The van der Waals surface area contributed by atoms with E-state index >= 15 is 0 Å². The second-order valence-corrected chi connectivity index (χ2v) is 5.87. The molecular formula is C13H14F3N3O3S. The van der Waals surface area contributed by atoms with Gasteiger partial charge in [-0.2, -0.15) is 13.2 Å². The number of urea groups is 1. The molecule has 0 unspecified atom stereocenters. The van der Waals surface area contributed by atoms with Crippen LogP contribution in [0.5, 0.6) is 0 Å². The van der Waals surface area contributed by atoms with Crippen LogP contribution in [0.3, 0.4) is 0 Å². The van der Waals surface area contributed by atoms with Gasteiger partial charge in [0.15, 0.2) is 0 Å². The molecule has 0 radical (unpaired) electrons. The van der Waals surface area contributed by atoms with E-state index in [0.29, 0.717) is 17.7 Å². The Kier molecular flexibility index (Phi) is 4.64. The second-order valence-electron chi connectivity index (χ2n) is 4.92. The van der Waals surface area contributed by atoms with Crippen LogP contribution < -0.4 is 10.6 Å². The summed E-state index contributed by atoms with van der Waals surface area (Å²) in [5.41, 5.74) is -3.43. The Labute approximate surface area is 133 Å². The first-order valence-electron chi connectivity index (χ1n) is 6.80. The maximum atomic E-state index is 13.5. The fourth-order valence-corrected chi connectivity index (χ4v) is 2.70. The highest BCUT2D eigenvalue weighted by Gasteiger charge is 2.68. The number of nitrogens with one attached hydrogen (secondary N) is 2. The summed E-state index contributed by atoms with van der Waals surface area (Å²) in [6.45, 7) is 1.63. The molecule has 0 spiro atoms. The van der Waals surface area contributed by atoms with Crippen LogP contribution in [-0.2, 0) is 4.79 Å². The van der Waals surface area contributed by atoms with Crippen molar-refractivity contribution in [2.45, 2.75) is 31.6 Å². The molecule has 1 saturated heterocycles. The molecule has 1 aromatic heterocycles. The minimum atomic E-state index is -5.17. The van der Waals surface area contributed by atoms with Crippen molar-refractivity contribution in [3.05, 3.63) is 22.4 Å². The van der Waals surface area contributed by atoms with Crippen LogP contribution in [0.1, 0.15) is 29.4 Å². The molecule has 2 N–H and O–H groups in total. The zero-order valence-corrected chi connectivity index (χ0v) is 12.9. The molecule has 2 rings (SSSR count). The maximum Gasteiger partial charge on any atom is 0.440 e. The van der Waals surface area contributed by atoms with Crippen LogP contribution in [0.2, 0.25) is 0 Å². The van der Waals surface area contributed by atoms with Gasteiger partial charge in [0.05, 0.1) is 4.88 Å². The highest BCUT2D eigenvalue weighted by molar-refractivity contribution is 7.12. The summed E-state index contributed by atoms with van der Waals surface area (Å²) in [5, 5.41) is 4.75. The van der Waals surface area contributed by atoms with E-state index in [1.54, 1.807) is 17.6 Å². The van der Waals surface area contributed by atoms with Gasteiger partial charge in [-0.3, -0.25) is 19.8 Å². The van der Waals surface area contributed by atoms with E-state index in [9.17, 15) is 27.6 Å². The van der Waals surface area contributed by atoms with Crippen molar-refractivity contribution in [3.63, 3.8) is 0 Å². The number of hydrogen-bond donors (Lipinski definition) is 2. The fraction of sp³-hybridized carbons (Fsp3) is 0.462. The Morgan fingerprint density at radius 2 is 2.13 bits per heavy atom. The quantitative estimate of drug-likeness (QED) is 0.799. The van der Waals surface area contributed by atoms with Crippen molar-refractivity contribution < 1.29 is 27.6 Å². The highest BCUT2D eigenvalue weighted by atomic mass is 32.1. The zero-order chi connectivity index (χ0) is 17.3. The average Bonchev–Trinajstić information content (AvgIpc) is 3.06. The molecule has 6 nitrogen and oxygen atoms in total. The number of alkyl halides is 3. The lowest BCUT2D eigenvalue weighted by Crippen LogP contribution is -2.69. The molecule has 0 aliphatic carbocycles. The molecule has 0 saturated carbocycles. The Bertz CT molecular complexity index is 618. The van der Waals surface area contributed by atoms with E-state index in [0.717, 1.165) is 11.3 Å². The number of carbonyl (C=O) groups excluding carboxylic acids is 3. The summed E-state index contributed by atoms with van der Waals surface area (Å²) in [7, 11) is 0. The van der Waals surface area contributed by atoms with Gasteiger partial charge in [0, 0.05) is 6.54 Å². The Morgan fingerprint density at radius 1 is 1.43 bits per heavy atom. The molecule has 1 aliphatic rings. The van der Waals surface area contributed by atoms with Crippen LogP contribution in [-0.4, -0.2) is 41.1 Å². The first-order valence-corrected chi connectivity index (χ1v) is 7.67. The largest absolute Gasteiger partial charge is 0.440 e. The third-order valence-corrected chi connectivity index (χ3v) is 4.18. The summed E-state index contributed by atoms with van der Waals surface area (Å²) in [5.74, 6) is -2.60. The molecule has 1 aliphatic heterocycles. The van der Waals surface area contributed by atoms with Gasteiger partial charge >= 0.3 is 12.2 Å². The van der Waals surface area contributed by atoms with Crippen LogP contribution in [0, 0.1) is 0 Å². The van der Waals surface area contributed by atoms with E-state index in [1.807, 2.05) is 0 Å². The number of unbranched alkanes of at least 4 members (excludes halogenated alkanes) is 1. The smallest absolute Gasteiger partial charge is 0.313 e. The predicted molar refractivity (Wildman–Crippen MR) is 75.7 cm³/mol. The van der Waals surface area contributed by atoms with Gasteiger partial charge in [-0.25, -0.2) is 4.79 Å². The van der Waals surface area contributed by atoms with Crippen LogP contribution in [0.15, 0.2) is 17.5 Å². The topological polar surface area (TPSA) is 78.5 Å². The highest BCUT2D eigenvalue weighted by Crippen LogP contribution is 2.34. The SMILES string of the molecule is CCCCN1C(=O)N[C@](NC(=O)c2cccs2)(C(F)(F)F)C1=O. The molecule has 1 fully saturated rings. The van der Waals surface area contributed by atoms with E-state index in [2.05, 4.69) is 0 Å². The maximum absolute atomic E-state index is 13.5. The Hall–Kier alpha value is -2.10. The van der Waals surface area contributed by atoms with Crippen molar-refractivity contribution in [3.8, 4) is 0 Å². The molecule has 0 aromatic carbocycles. The van der Waals surface area contributed by atoms with Gasteiger partial charge in [0.1, 0.15) is 0 Å². The van der Waals surface area contributed by atoms with Crippen LogP contribution >= 0.6 is 11.3 Å². The van der Waals surface area contributed by atoms with Gasteiger partial charge in [0.2, 0.25) is 0 Å². The fourth-order valence-electron chi connectivity index (χ4n) is 2.08. The standard InChI is InChI=1S/C13H14F3N3O3S/c1-2-3-6-19-10(21)12(13(14,15)16,18-11(19)22)17-9(20)8-5-4-7-23-8/h4-5,7H,2-3,6H2,1H3,(H,17,20)(H,18,22)/t12-/m0/s1. The molecule has 10 heteroatoms. The Morgan fingerprint density at radius 3 is 2.65 bits per heavy atom. The number of halogens is 3. The molecule has 23 heavy (non-hydrogen) atoms. The second kappa shape index (κ2) is 6.19. The summed E-state index contributed by atoms with van der Waals surface area (Å²) >= 11 is 0.923. The number of hydrogen-bond acceptors (Lipinski definition) is 4. The normalized spacial score (nSPS) is 21.5. The molecule has 4 amide bonds. The van der Waals surface area contributed by atoms with Crippen molar-refractivity contribution in [2.75, 3.05) is 6.54 Å². The number of nitrogens with zero attached hydrogens (tertiary/aromatic N) is 1. The first-order chi connectivity index (χ1) is 10.7. The lowest BCUT2D eigenvalue weighted by molar-refractivity contribution is -0.200. The van der Waals surface area contributed by atoms with Crippen LogP contribution in [0.4, 0.5) is 18.0 Å². The van der Waals surface area contributed by atoms with Crippen molar-refractivity contribution in [2.24, 2.45) is 0 Å². The molecular weight excluding hydrogens is 335 g/mol. The summed E-state index contributed by atoms with van der Waals surface area (Å²) in [4.78, 5) is 36.4. The Balaban J connectivity index is 2.32. The predicted octanol–water partition coefficient (Wildman–Crippen LogP) is 2.09. The lowest BCUT2D eigenvalue weighted by atomic mass is 10.1. The molecule has 2 heterocycles. The number of thiophene rings is 1. The van der Waals surface area contributed by atoms with Crippen molar-refractivity contribution in [1.29, 1.82) is 0 Å². The van der Waals surface area contributed by atoms with Gasteiger partial charge in [-0.05, 0) is 17.9 Å². The van der Waals surface area contributed by atoms with Gasteiger partial charge in [-0.1, -0.05) is 19.4 Å². The molecule has 126 valence electrons. The van der Waals surface area contributed by atoms with E-state index < -0.39 is 29.7 Å². The van der Waals surface area contributed by atoms with E-state index in [-0.39, 0.29) is 11.4 Å². The number of carbonyl (C=O) groups is 3. The summed E-state index contributed by atoms with van der Waals surface area (Å²) in [6.07, 6.45) is -4.21. The van der Waals surface area contributed by atoms with Gasteiger partial charge in [0.25, 0.3) is 17.5 Å². The van der Waals surface area contributed by atoms with E-state index in [1.165, 1.54) is 17.5 Å². The van der Waals surface area contributed by atoms with Crippen molar-refractivity contribution >= 4 is 29.2 Å². The summed E-state index contributed by atoms with van der Waals surface area (Å²) < 4.78 is 40.4. The number of amides is 4. The molecule has 1 atom stereocenters. The van der Waals surface area contributed by atoms with Crippen molar-refractivity contribution in [1.82, 2.24) is 15.5 Å². The molecule has 1 aromatic rings. The third kappa shape index (κ3) is 3.03. The van der Waals surface area contributed by atoms with Gasteiger partial charge in [-0.15, -0.1) is 11.3 Å². The first kappa shape index (κ1) is 17.3. The third-order valence-electron chi connectivity index (χ3n) is 3.31. The number of rotatable bonds is 5. The minimum absolute atomic E-state index is 0.00248. The molecule has 0 bridgehead atoms. The number of imide groups is 1. The monoisotopic (exact) mass is 349 g/mol. The lowest BCUT2D eigenvalue weighted by Gasteiger charge is -2.29.